The number of fused-ring (bicyclic) bond motifs is 2. The second-order valence-electron chi connectivity index (χ2n) is 10.4. The van der Waals surface area contributed by atoms with Crippen molar-refractivity contribution < 1.29 is 9.90 Å². The Morgan fingerprint density at radius 1 is 1.06 bits per heavy atom. The molecule has 2 heterocycles. The molecule has 0 spiro atoms. The van der Waals surface area contributed by atoms with Crippen LogP contribution in [-0.2, 0) is 4.79 Å². The van der Waals surface area contributed by atoms with Gasteiger partial charge in [0.05, 0.1) is 0 Å². The van der Waals surface area contributed by atoms with E-state index in [1.54, 1.807) is 12.1 Å². The number of phenolic OH excluding ortho intramolecular Hbond substituents is 1. The standard InChI is InChI=1S/C25H28INO2SeSi/c1-14-16(26)13-20(30-14)22-19(29)11-10-18-23(22)31(24(2,3)4,25(5,6)7)21-12-15(28)8-9-17(21)27-18/h8-13,29H,1-7H3. The number of benzene rings is 1. The summed E-state index contributed by atoms with van der Waals surface area (Å²) in [6, 6.07) is 6.00. The van der Waals surface area contributed by atoms with E-state index < -0.39 is 8.07 Å². The van der Waals surface area contributed by atoms with Crippen LogP contribution < -0.4 is 5.19 Å². The number of hydrogen-bond donors (Lipinski definition) is 1. The fraction of sp³-hybridized carbons (Fsp3) is 0.360. The zero-order chi connectivity index (χ0) is 22.9. The van der Waals surface area contributed by atoms with Crippen LogP contribution in [0.5, 0.6) is 5.75 Å². The van der Waals surface area contributed by atoms with Crippen LogP contribution >= 0.6 is 22.6 Å². The Bertz CT molecular complexity index is 1170. The van der Waals surface area contributed by atoms with E-state index in [4.69, 9.17) is 4.99 Å². The zero-order valence-electron chi connectivity index (χ0n) is 19.1. The van der Waals surface area contributed by atoms with Crippen LogP contribution in [0.4, 0.5) is 5.69 Å². The molecular weight excluding hydrogens is 580 g/mol. The number of rotatable bonds is 1. The Labute approximate surface area is 205 Å². The molecule has 162 valence electrons. The van der Waals surface area contributed by atoms with Gasteiger partial charge in [-0.25, -0.2) is 0 Å². The van der Waals surface area contributed by atoms with Gasteiger partial charge in [-0.15, -0.1) is 0 Å². The van der Waals surface area contributed by atoms with E-state index in [0.29, 0.717) is 5.75 Å². The van der Waals surface area contributed by atoms with Gasteiger partial charge in [-0.3, -0.25) is 0 Å². The first-order chi connectivity index (χ1) is 14.3. The summed E-state index contributed by atoms with van der Waals surface area (Å²) in [5.41, 5.74) is 2.83. The van der Waals surface area contributed by atoms with Gasteiger partial charge in [-0.05, 0) is 0 Å². The normalized spacial score (nSPS) is 17.7. The number of aliphatic imine (C=N–C) groups is 1. The Morgan fingerprint density at radius 2 is 1.71 bits per heavy atom. The van der Waals surface area contributed by atoms with E-state index in [0.717, 1.165) is 22.2 Å². The fourth-order valence-corrected chi connectivity index (χ4v) is 17.0. The minimum atomic E-state index is -2.65. The summed E-state index contributed by atoms with van der Waals surface area (Å²) in [5.74, 6) is 0.355. The Kier molecular flexibility index (Phi) is 5.48. The summed E-state index contributed by atoms with van der Waals surface area (Å²) in [6.07, 6.45) is 5.34. The molecule has 1 aliphatic heterocycles. The summed E-state index contributed by atoms with van der Waals surface area (Å²) in [6.45, 7) is 16.0. The molecule has 31 heavy (non-hydrogen) atoms. The first-order valence-electron chi connectivity index (χ1n) is 10.4. The molecule has 1 aliphatic carbocycles. The molecule has 0 saturated heterocycles. The van der Waals surface area contributed by atoms with Crippen molar-refractivity contribution in [2.45, 2.75) is 58.5 Å². The molecule has 0 fully saturated rings. The van der Waals surface area contributed by atoms with Gasteiger partial charge in [-0.2, -0.15) is 0 Å². The average Bonchev–Trinajstić information content (AvgIpc) is 2.96. The van der Waals surface area contributed by atoms with Crippen molar-refractivity contribution in [1.29, 1.82) is 0 Å². The van der Waals surface area contributed by atoms with Crippen molar-refractivity contribution in [2.24, 2.45) is 4.99 Å². The van der Waals surface area contributed by atoms with E-state index >= 15 is 0 Å². The van der Waals surface area contributed by atoms with E-state index in [1.807, 2.05) is 18.2 Å². The van der Waals surface area contributed by atoms with Crippen molar-refractivity contribution in [2.75, 3.05) is 0 Å². The quantitative estimate of drug-likeness (QED) is 0.246. The topological polar surface area (TPSA) is 49.7 Å². The fourth-order valence-electron chi connectivity index (χ4n) is 5.75. The van der Waals surface area contributed by atoms with Crippen LogP contribution in [0.1, 0.15) is 46.0 Å². The molecule has 0 bridgehead atoms. The van der Waals surface area contributed by atoms with Crippen LogP contribution in [0.15, 0.2) is 46.6 Å². The van der Waals surface area contributed by atoms with Gasteiger partial charge in [0.25, 0.3) is 0 Å². The van der Waals surface area contributed by atoms with Crippen LogP contribution in [-0.4, -0.2) is 39.2 Å². The molecule has 2 aliphatic rings. The number of allylic oxidation sites excluding steroid dienone is 4. The predicted octanol–water partition coefficient (Wildman–Crippen LogP) is 5.98. The molecule has 0 atom stereocenters. The molecule has 1 aromatic heterocycles. The molecule has 0 amide bonds. The Morgan fingerprint density at radius 3 is 2.26 bits per heavy atom. The van der Waals surface area contributed by atoms with Gasteiger partial charge in [0.2, 0.25) is 0 Å². The van der Waals surface area contributed by atoms with Crippen molar-refractivity contribution in [3.05, 3.63) is 49.6 Å². The van der Waals surface area contributed by atoms with Crippen LogP contribution in [0.3, 0.4) is 0 Å². The second kappa shape index (κ2) is 7.40. The van der Waals surface area contributed by atoms with Crippen LogP contribution in [0.25, 0.3) is 10.0 Å². The van der Waals surface area contributed by atoms with Gasteiger partial charge in [0.1, 0.15) is 0 Å². The first kappa shape index (κ1) is 23.0. The van der Waals surface area contributed by atoms with Crippen molar-refractivity contribution in [1.82, 2.24) is 0 Å². The molecule has 6 heteroatoms. The summed E-state index contributed by atoms with van der Waals surface area (Å²) >= 11 is 2.56. The van der Waals surface area contributed by atoms with Crippen LogP contribution in [0, 0.1) is 10.5 Å². The molecule has 0 unspecified atom stereocenters. The first-order valence-corrected chi connectivity index (χ1v) is 15.2. The number of halogens is 1. The summed E-state index contributed by atoms with van der Waals surface area (Å²) in [4.78, 5) is 17.6. The summed E-state index contributed by atoms with van der Waals surface area (Å²) in [7, 11) is -2.65. The van der Waals surface area contributed by atoms with Gasteiger partial charge in [0.15, 0.2) is 0 Å². The number of aryl methyl sites for hydroxylation is 1. The molecule has 3 nitrogen and oxygen atoms in total. The predicted molar refractivity (Wildman–Crippen MR) is 142 cm³/mol. The molecule has 2 aromatic rings. The third-order valence-electron chi connectivity index (χ3n) is 6.50. The molecule has 1 aromatic carbocycles. The summed E-state index contributed by atoms with van der Waals surface area (Å²) in [5, 5.41) is 13.3. The average molecular weight is 608 g/mol. The SMILES string of the molecule is Cc1[se]c(-c2c(O)ccc3c2[Si](C(C)(C)C)(C(C)(C)C)C2=CC(=O)C=CC2=N3)cc1I. The molecule has 1 N–H and O–H groups in total. The third-order valence-corrected chi connectivity index (χ3v) is 17.7. The number of hydrogen-bond acceptors (Lipinski definition) is 3. The molecule has 0 saturated carbocycles. The van der Waals surface area contributed by atoms with E-state index in [9.17, 15) is 9.90 Å². The number of carbonyl (C=O) groups is 1. The van der Waals surface area contributed by atoms with Crippen molar-refractivity contribution >= 4 is 67.5 Å². The number of phenols is 1. The van der Waals surface area contributed by atoms with Crippen LogP contribution in [0.2, 0.25) is 10.1 Å². The van der Waals surface area contributed by atoms with E-state index in [1.165, 1.54) is 17.6 Å². The van der Waals surface area contributed by atoms with Crippen molar-refractivity contribution in [3.63, 3.8) is 0 Å². The maximum atomic E-state index is 12.6. The molecule has 4 rings (SSSR count). The Balaban J connectivity index is 2.25. The van der Waals surface area contributed by atoms with E-state index in [2.05, 4.69) is 77.1 Å². The van der Waals surface area contributed by atoms with E-state index in [-0.39, 0.29) is 30.4 Å². The Hall–Kier alpha value is -1.21. The summed E-state index contributed by atoms with van der Waals surface area (Å²) < 4.78 is 3.86. The molecule has 0 radical (unpaired) electrons. The van der Waals surface area contributed by atoms with Gasteiger partial charge in [0, 0.05) is 0 Å². The van der Waals surface area contributed by atoms with Crippen molar-refractivity contribution in [3.8, 4) is 15.8 Å². The second-order valence-corrected chi connectivity index (χ2v) is 19.7. The van der Waals surface area contributed by atoms with Gasteiger partial charge >= 0.3 is 206 Å². The zero-order valence-corrected chi connectivity index (χ0v) is 23.9. The number of nitrogens with zero attached hydrogens (tertiary/aromatic N) is 1. The maximum absolute atomic E-state index is 12.6. The third kappa shape index (κ3) is 3.33. The number of carbonyl (C=O) groups excluding carboxylic acids is 1. The van der Waals surface area contributed by atoms with Gasteiger partial charge < -0.3 is 0 Å². The van der Waals surface area contributed by atoms with Gasteiger partial charge in [-0.1, -0.05) is 0 Å². The monoisotopic (exact) mass is 609 g/mol. The molecular formula is C25H28INO2SeSi. The number of ketones is 1. The number of aromatic hydroxyl groups is 1. The minimum absolute atomic E-state index is 0.0286.